The molecule has 4 aromatic rings. The Morgan fingerprint density at radius 1 is 1.08 bits per heavy atom. The predicted molar refractivity (Wildman–Crippen MR) is 163 cm³/mol. The highest BCUT2D eigenvalue weighted by molar-refractivity contribution is 5.92. The Bertz CT molecular complexity index is 1560. The second-order valence-corrected chi connectivity index (χ2v) is 9.80. The lowest BCUT2D eigenvalue weighted by Gasteiger charge is -2.15. The largest absolute Gasteiger partial charge is 0.354 e. The lowest BCUT2D eigenvalue weighted by Crippen LogP contribution is -2.12. The van der Waals surface area contributed by atoms with Gasteiger partial charge in [-0.25, -0.2) is 9.37 Å². The first-order valence-electron chi connectivity index (χ1n) is 13.1. The van der Waals surface area contributed by atoms with Crippen molar-refractivity contribution in [1.29, 1.82) is 0 Å². The van der Waals surface area contributed by atoms with Gasteiger partial charge in [0.1, 0.15) is 17.0 Å². The molecule has 0 atom stereocenters. The molecule has 0 radical (unpaired) electrons. The van der Waals surface area contributed by atoms with Crippen LogP contribution in [0.25, 0.3) is 33.4 Å². The first kappa shape index (κ1) is 27.7. The first-order valence-corrected chi connectivity index (χ1v) is 13.1. The van der Waals surface area contributed by atoms with Crippen LogP contribution in [-0.4, -0.2) is 40.7 Å². The summed E-state index contributed by atoms with van der Waals surface area (Å²) >= 11 is 0. The van der Waals surface area contributed by atoms with Crippen molar-refractivity contribution < 1.29 is 4.39 Å². The van der Waals surface area contributed by atoms with Crippen LogP contribution in [0, 0.1) is 12.7 Å². The van der Waals surface area contributed by atoms with Gasteiger partial charge in [-0.2, -0.15) is 5.10 Å². The van der Waals surface area contributed by atoms with E-state index in [0.29, 0.717) is 17.0 Å². The number of aromatic nitrogens is 3. The molecule has 0 fully saturated rings. The van der Waals surface area contributed by atoms with E-state index in [1.54, 1.807) is 12.1 Å². The van der Waals surface area contributed by atoms with Crippen LogP contribution in [0.15, 0.2) is 91.6 Å². The minimum atomic E-state index is -0.252. The number of anilines is 1. The van der Waals surface area contributed by atoms with Gasteiger partial charge in [0, 0.05) is 11.3 Å². The van der Waals surface area contributed by atoms with Gasteiger partial charge in [-0.3, -0.25) is 5.10 Å². The monoisotopic (exact) mass is 521 g/mol. The van der Waals surface area contributed by atoms with Gasteiger partial charge < -0.3 is 10.2 Å². The normalized spacial score (nSPS) is 12.3. The van der Waals surface area contributed by atoms with Gasteiger partial charge in [0.05, 0.1) is 16.9 Å². The molecule has 0 saturated heterocycles. The minimum absolute atomic E-state index is 0.252. The number of nitrogens with one attached hydrogen (secondary N) is 2. The third-order valence-corrected chi connectivity index (χ3v) is 6.76. The van der Waals surface area contributed by atoms with E-state index >= 15 is 0 Å². The van der Waals surface area contributed by atoms with E-state index in [9.17, 15) is 4.39 Å². The number of fused-ring (bicyclic) bond motifs is 1. The van der Waals surface area contributed by atoms with Crippen molar-refractivity contribution in [2.45, 2.75) is 26.7 Å². The lowest BCUT2D eigenvalue weighted by molar-refractivity contribution is 0.400. The van der Waals surface area contributed by atoms with Crippen LogP contribution in [0.4, 0.5) is 10.1 Å². The summed E-state index contributed by atoms with van der Waals surface area (Å²) in [5, 5.41) is 11.0. The summed E-state index contributed by atoms with van der Waals surface area (Å²) < 4.78 is 14.5. The van der Waals surface area contributed by atoms with Gasteiger partial charge >= 0.3 is 0 Å². The zero-order chi connectivity index (χ0) is 27.9. The average Bonchev–Trinajstić information content (AvgIpc) is 3.35. The third-order valence-electron chi connectivity index (χ3n) is 6.76. The predicted octanol–water partition coefficient (Wildman–Crippen LogP) is 8.01. The zero-order valence-electron chi connectivity index (χ0n) is 23.2. The number of allylic oxidation sites excluding steroid dienone is 5. The van der Waals surface area contributed by atoms with Crippen molar-refractivity contribution in [3.05, 3.63) is 114 Å². The van der Waals surface area contributed by atoms with Gasteiger partial charge in [-0.1, -0.05) is 55.6 Å². The van der Waals surface area contributed by atoms with E-state index in [1.165, 1.54) is 11.6 Å². The Morgan fingerprint density at radius 2 is 1.85 bits per heavy atom. The highest BCUT2D eigenvalue weighted by Gasteiger charge is 2.15. The van der Waals surface area contributed by atoms with Crippen LogP contribution in [0.1, 0.15) is 36.7 Å². The molecule has 200 valence electrons. The molecule has 0 unspecified atom stereocenters. The molecule has 0 aliphatic heterocycles. The number of H-pyrrole nitrogens is 1. The number of aromatic amines is 1. The number of benzene rings is 2. The van der Waals surface area contributed by atoms with Crippen LogP contribution in [0.3, 0.4) is 0 Å². The van der Waals surface area contributed by atoms with Crippen LogP contribution in [0.5, 0.6) is 0 Å². The smallest absolute Gasteiger partial charge is 0.134 e. The SMILES string of the molecule is C=C/C(=C\C(=C/C)c1ccc2[nH]nc(C(=C)Nc3cccc(-c4ccccc4F)c3C)c2n1)CCCN(C)C. The maximum Gasteiger partial charge on any atom is 0.134 e. The summed E-state index contributed by atoms with van der Waals surface area (Å²) in [5.41, 5.74) is 8.99. The summed E-state index contributed by atoms with van der Waals surface area (Å²) in [7, 11) is 4.17. The Morgan fingerprint density at radius 3 is 2.56 bits per heavy atom. The summed E-state index contributed by atoms with van der Waals surface area (Å²) in [6.07, 6.45) is 8.15. The fourth-order valence-electron chi connectivity index (χ4n) is 4.57. The van der Waals surface area contributed by atoms with E-state index < -0.39 is 0 Å². The van der Waals surface area contributed by atoms with Crippen LogP contribution in [0.2, 0.25) is 0 Å². The molecular formula is C33H36FN5. The van der Waals surface area contributed by atoms with Gasteiger partial charge in [0.25, 0.3) is 0 Å². The number of rotatable bonds is 11. The van der Waals surface area contributed by atoms with Gasteiger partial charge in [-0.15, -0.1) is 0 Å². The van der Waals surface area contributed by atoms with Crippen molar-refractivity contribution in [3.63, 3.8) is 0 Å². The molecule has 2 aromatic heterocycles. The molecule has 0 spiro atoms. The second kappa shape index (κ2) is 12.5. The third kappa shape index (κ3) is 6.41. The number of hydrogen-bond donors (Lipinski definition) is 2. The minimum Gasteiger partial charge on any atom is -0.354 e. The van der Waals surface area contributed by atoms with E-state index in [2.05, 4.69) is 59.8 Å². The topological polar surface area (TPSA) is 56.8 Å². The summed E-state index contributed by atoms with van der Waals surface area (Å²) in [5.74, 6) is -0.252. The Kier molecular flexibility index (Phi) is 8.89. The van der Waals surface area contributed by atoms with Gasteiger partial charge in [-0.05, 0) is 99.9 Å². The van der Waals surface area contributed by atoms with E-state index in [1.807, 2.05) is 56.3 Å². The summed E-state index contributed by atoms with van der Waals surface area (Å²) in [4.78, 5) is 7.15. The molecule has 0 saturated carbocycles. The number of hydrogen-bond acceptors (Lipinski definition) is 4. The molecular weight excluding hydrogens is 485 g/mol. The molecule has 4 rings (SSSR count). The molecule has 6 heteroatoms. The molecule has 0 aliphatic carbocycles. The molecule has 2 heterocycles. The number of nitrogens with zero attached hydrogens (tertiary/aromatic N) is 3. The molecule has 0 bridgehead atoms. The fourth-order valence-corrected chi connectivity index (χ4v) is 4.57. The van der Waals surface area contributed by atoms with E-state index in [0.717, 1.165) is 58.5 Å². The van der Waals surface area contributed by atoms with Crippen molar-refractivity contribution in [3.8, 4) is 11.1 Å². The first-order chi connectivity index (χ1) is 18.8. The lowest BCUT2D eigenvalue weighted by atomic mass is 9.98. The second-order valence-electron chi connectivity index (χ2n) is 9.80. The van der Waals surface area contributed by atoms with E-state index in [4.69, 9.17) is 4.98 Å². The molecule has 39 heavy (non-hydrogen) atoms. The Hall–Kier alpha value is -4.29. The Labute approximate surface area is 230 Å². The molecule has 2 aromatic carbocycles. The summed E-state index contributed by atoms with van der Waals surface area (Å²) in [6, 6.07) is 16.6. The average molecular weight is 522 g/mol. The van der Waals surface area contributed by atoms with Crippen LogP contribution in [-0.2, 0) is 0 Å². The molecule has 0 aliphatic rings. The molecule has 5 nitrogen and oxygen atoms in total. The van der Waals surface area contributed by atoms with Crippen molar-refractivity contribution in [2.75, 3.05) is 26.0 Å². The van der Waals surface area contributed by atoms with Crippen molar-refractivity contribution >= 4 is 28.0 Å². The zero-order valence-corrected chi connectivity index (χ0v) is 23.2. The summed E-state index contributed by atoms with van der Waals surface area (Å²) in [6.45, 7) is 13.3. The van der Waals surface area contributed by atoms with Crippen LogP contribution < -0.4 is 5.32 Å². The standard InChI is InChI=1S/C33H36FN5/c1-7-24(13-12-20-39(5)6)21-25(8-2)30-18-19-31-33(36-30)32(38-37-31)23(4)35-29-17-11-15-26(22(29)3)27-14-9-10-16-28(27)34/h7-11,14-19,21,35H,1,4,12-13,20H2,2-3,5-6H3,(H,37,38)/b24-21+,25-8+. The van der Waals surface area contributed by atoms with Crippen molar-refractivity contribution in [1.82, 2.24) is 20.1 Å². The maximum atomic E-state index is 14.5. The molecule has 0 amide bonds. The fraction of sp³-hybridized carbons (Fsp3) is 0.212. The maximum absolute atomic E-state index is 14.5. The van der Waals surface area contributed by atoms with E-state index in [-0.39, 0.29) is 5.82 Å². The number of pyridine rings is 1. The van der Waals surface area contributed by atoms with Crippen LogP contribution >= 0.6 is 0 Å². The Balaban J connectivity index is 1.61. The van der Waals surface area contributed by atoms with Gasteiger partial charge in [0.15, 0.2) is 0 Å². The quantitative estimate of drug-likeness (QED) is 0.196. The highest BCUT2D eigenvalue weighted by Crippen LogP contribution is 2.32. The van der Waals surface area contributed by atoms with Gasteiger partial charge in [0.2, 0.25) is 0 Å². The molecule has 2 N–H and O–H groups in total. The number of halogens is 1. The highest BCUT2D eigenvalue weighted by atomic mass is 19.1. The van der Waals surface area contributed by atoms with Crippen molar-refractivity contribution in [2.24, 2.45) is 0 Å².